The van der Waals surface area contributed by atoms with E-state index in [0.29, 0.717) is 26.1 Å². The van der Waals surface area contributed by atoms with Crippen LogP contribution in [0.15, 0.2) is 12.2 Å². The molecule has 1 unspecified atom stereocenters. The minimum Gasteiger partial charge on any atom is -0.462 e. The molecule has 0 aromatic carbocycles. The lowest BCUT2D eigenvalue weighted by atomic mass is 10.0. The Labute approximate surface area is 375 Å². The lowest BCUT2D eigenvalue weighted by Crippen LogP contribution is -2.30. The Morgan fingerprint density at radius 2 is 0.650 bits per heavy atom. The van der Waals surface area contributed by atoms with Gasteiger partial charge in [-0.3, -0.25) is 9.59 Å². The highest BCUT2D eigenvalue weighted by molar-refractivity contribution is 5.70. The number of rotatable bonds is 51. The van der Waals surface area contributed by atoms with Crippen LogP contribution in [-0.4, -0.2) is 37.9 Å². The molecule has 0 aromatic rings. The fraction of sp³-hybridized carbons (Fsp3) is 0.927. The first-order valence-corrected chi connectivity index (χ1v) is 27.2. The molecule has 0 aliphatic rings. The van der Waals surface area contributed by atoms with Crippen LogP contribution in [0.2, 0.25) is 0 Å². The van der Waals surface area contributed by atoms with Gasteiger partial charge in [0.05, 0.1) is 6.61 Å². The third-order valence-corrected chi connectivity index (χ3v) is 12.3. The first-order chi connectivity index (χ1) is 29.6. The van der Waals surface area contributed by atoms with Gasteiger partial charge < -0.3 is 14.2 Å². The van der Waals surface area contributed by atoms with Crippen molar-refractivity contribution in [2.24, 2.45) is 0 Å². The number of allylic oxidation sites excluding steroid dienone is 2. The average Bonchev–Trinajstić information content (AvgIpc) is 3.25. The normalized spacial score (nSPS) is 12.1. The molecule has 0 N–H and O–H groups in total. The second kappa shape index (κ2) is 52.0. The highest BCUT2D eigenvalue weighted by Gasteiger charge is 2.17. The van der Waals surface area contributed by atoms with E-state index in [4.69, 9.17) is 14.2 Å². The van der Waals surface area contributed by atoms with Crippen LogP contribution in [-0.2, 0) is 23.8 Å². The van der Waals surface area contributed by atoms with Gasteiger partial charge in [0.15, 0.2) is 6.10 Å². The highest BCUT2D eigenvalue weighted by atomic mass is 16.6. The van der Waals surface area contributed by atoms with E-state index < -0.39 is 6.10 Å². The number of hydrogen-bond acceptors (Lipinski definition) is 5. The quantitative estimate of drug-likeness (QED) is 0.0347. The maximum atomic E-state index is 12.7. The average molecular weight is 847 g/mol. The van der Waals surface area contributed by atoms with E-state index in [-0.39, 0.29) is 18.5 Å². The fourth-order valence-electron chi connectivity index (χ4n) is 8.21. The number of ether oxygens (including phenoxy) is 3. The molecule has 1 atom stereocenters. The molecule has 0 saturated heterocycles. The van der Waals surface area contributed by atoms with Crippen LogP contribution in [0, 0.1) is 0 Å². The molecule has 0 rings (SSSR count). The zero-order chi connectivity index (χ0) is 43.5. The lowest BCUT2D eigenvalue weighted by Gasteiger charge is -2.18. The SMILES string of the molecule is CCCCCCCC/C=C\CCCCCCCCCCCC(=O)OCC(COCCCCCCCCCCCCCCCCCCCC)OC(=O)CCCCCCCCC. The molecule has 0 spiro atoms. The Kier molecular flexibility index (Phi) is 50.8. The van der Waals surface area contributed by atoms with Crippen molar-refractivity contribution in [3.63, 3.8) is 0 Å². The predicted octanol–water partition coefficient (Wildman–Crippen LogP) is 18.2. The van der Waals surface area contributed by atoms with E-state index >= 15 is 0 Å². The van der Waals surface area contributed by atoms with Gasteiger partial charge in [-0.15, -0.1) is 0 Å². The summed E-state index contributed by atoms with van der Waals surface area (Å²) >= 11 is 0. The molecule has 0 saturated carbocycles. The van der Waals surface area contributed by atoms with Crippen LogP contribution in [0.3, 0.4) is 0 Å². The number of carbonyl (C=O) groups is 2. The van der Waals surface area contributed by atoms with Gasteiger partial charge in [-0.2, -0.15) is 0 Å². The zero-order valence-corrected chi connectivity index (χ0v) is 41.0. The summed E-state index contributed by atoms with van der Waals surface area (Å²) in [6.07, 6.45) is 59.6. The summed E-state index contributed by atoms with van der Waals surface area (Å²) < 4.78 is 17.4. The van der Waals surface area contributed by atoms with Crippen molar-refractivity contribution in [2.75, 3.05) is 19.8 Å². The molecular formula is C55H106O5. The van der Waals surface area contributed by atoms with Gasteiger partial charge in [0.25, 0.3) is 0 Å². The molecule has 0 heterocycles. The molecule has 356 valence electrons. The highest BCUT2D eigenvalue weighted by Crippen LogP contribution is 2.16. The first kappa shape index (κ1) is 58.6. The largest absolute Gasteiger partial charge is 0.462 e. The summed E-state index contributed by atoms with van der Waals surface area (Å²) in [5, 5.41) is 0. The number of esters is 2. The summed E-state index contributed by atoms with van der Waals surface area (Å²) in [6, 6.07) is 0. The molecule has 5 heteroatoms. The minimum absolute atomic E-state index is 0.0929. The van der Waals surface area contributed by atoms with Gasteiger partial charge in [0.1, 0.15) is 6.61 Å². The molecule has 0 aromatic heterocycles. The van der Waals surface area contributed by atoms with Gasteiger partial charge in [-0.05, 0) is 44.9 Å². The van der Waals surface area contributed by atoms with E-state index in [1.807, 2.05) is 0 Å². The number of unbranched alkanes of at least 4 members (excludes halogenated alkanes) is 38. The topological polar surface area (TPSA) is 61.8 Å². The van der Waals surface area contributed by atoms with Crippen LogP contribution < -0.4 is 0 Å². The van der Waals surface area contributed by atoms with Crippen molar-refractivity contribution in [1.82, 2.24) is 0 Å². The van der Waals surface area contributed by atoms with E-state index in [0.717, 1.165) is 32.1 Å². The summed E-state index contributed by atoms with van der Waals surface area (Å²) in [6.45, 7) is 7.86. The molecule has 0 aliphatic heterocycles. The van der Waals surface area contributed by atoms with Gasteiger partial charge in [0, 0.05) is 19.4 Å². The van der Waals surface area contributed by atoms with Gasteiger partial charge in [-0.25, -0.2) is 0 Å². The number of carbonyl (C=O) groups excluding carboxylic acids is 2. The standard InChI is InChI=1S/C55H106O5/c1-4-7-10-13-16-18-20-22-24-26-28-29-31-33-35-37-40-42-45-48-54(56)59-52-53(60-55(57)49-46-43-39-15-12-9-6-3)51-58-50-47-44-41-38-36-34-32-30-27-25-23-21-19-17-14-11-8-5-2/h22,24,53H,4-21,23,25-52H2,1-3H3/b24-22-. The maximum Gasteiger partial charge on any atom is 0.306 e. The first-order valence-electron chi connectivity index (χ1n) is 27.2. The lowest BCUT2D eigenvalue weighted by molar-refractivity contribution is -0.163. The van der Waals surface area contributed by atoms with Crippen molar-refractivity contribution < 1.29 is 23.8 Å². The smallest absolute Gasteiger partial charge is 0.306 e. The molecular weight excluding hydrogens is 741 g/mol. The Morgan fingerprint density at radius 3 is 1.02 bits per heavy atom. The van der Waals surface area contributed by atoms with Crippen molar-refractivity contribution in [3.05, 3.63) is 12.2 Å². The molecule has 60 heavy (non-hydrogen) atoms. The minimum atomic E-state index is -0.525. The summed E-state index contributed by atoms with van der Waals surface area (Å²) in [5.74, 6) is -0.385. The Balaban J connectivity index is 4.03. The summed E-state index contributed by atoms with van der Waals surface area (Å²) in [5.41, 5.74) is 0. The molecule has 0 bridgehead atoms. The van der Waals surface area contributed by atoms with Crippen molar-refractivity contribution >= 4 is 11.9 Å². The van der Waals surface area contributed by atoms with E-state index in [1.165, 1.54) is 238 Å². The van der Waals surface area contributed by atoms with E-state index in [9.17, 15) is 9.59 Å². The van der Waals surface area contributed by atoms with Crippen LogP contribution in [0.25, 0.3) is 0 Å². The molecule has 0 radical (unpaired) electrons. The summed E-state index contributed by atoms with van der Waals surface area (Å²) in [4.78, 5) is 25.3. The third kappa shape index (κ3) is 49.3. The monoisotopic (exact) mass is 847 g/mol. The Bertz CT molecular complexity index is 871. The van der Waals surface area contributed by atoms with Crippen LogP contribution in [0.4, 0.5) is 0 Å². The Morgan fingerprint density at radius 1 is 0.350 bits per heavy atom. The zero-order valence-electron chi connectivity index (χ0n) is 41.0. The van der Waals surface area contributed by atoms with Crippen molar-refractivity contribution in [1.29, 1.82) is 0 Å². The van der Waals surface area contributed by atoms with Crippen LogP contribution in [0.5, 0.6) is 0 Å². The third-order valence-electron chi connectivity index (χ3n) is 12.3. The van der Waals surface area contributed by atoms with Crippen LogP contribution >= 0.6 is 0 Å². The molecule has 0 aliphatic carbocycles. The fourth-order valence-corrected chi connectivity index (χ4v) is 8.21. The molecule has 0 fully saturated rings. The second-order valence-electron chi connectivity index (χ2n) is 18.5. The predicted molar refractivity (Wildman–Crippen MR) is 261 cm³/mol. The molecule has 5 nitrogen and oxygen atoms in total. The Hall–Kier alpha value is -1.36. The number of hydrogen-bond donors (Lipinski definition) is 0. The van der Waals surface area contributed by atoms with Gasteiger partial charge in [-0.1, -0.05) is 258 Å². The maximum absolute atomic E-state index is 12.7. The van der Waals surface area contributed by atoms with Gasteiger partial charge >= 0.3 is 11.9 Å². The van der Waals surface area contributed by atoms with Crippen LogP contribution in [0.1, 0.15) is 303 Å². The van der Waals surface area contributed by atoms with E-state index in [2.05, 4.69) is 32.9 Å². The van der Waals surface area contributed by atoms with Crippen molar-refractivity contribution in [2.45, 2.75) is 309 Å². The molecule has 0 amide bonds. The summed E-state index contributed by atoms with van der Waals surface area (Å²) in [7, 11) is 0. The van der Waals surface area contributed by atoms with E-state index in [1.54, 1.807) is 0 Å². The van der Waals surface area contributed by atoms with Crippen molar-refractivity contribution in [3.8, 4) is 0 Å². The van der Waals surface area contributed by atoms with Gasteiger partial charge in [0.2, 0.25) is 0 Å². The second-order valence-corrected chi connectivity index (χ2v) is 18.5.